The molecule has 0 fully saturated rings. The number of rotatable bonds is 5. The first-order chi connectivity index (χ1) is 8.40. The van der Waals surface area contributed by atoms with Gasteiger partial charge in [0.05, 0.1) is 7.11 Å². The van der Waals surface area contributed by atoms with Crippen molar-refractivity contribution in [3.8, 4) is 5.88 Å². The monoisotopic (exact) mass is 251 g/mol. The molecule has 0 aliphatic carbocycles. The number of nitrogens with one attached hydrogen (secondary N) is 2. The van der Waals surface area contributed by atoms with Crippen molar-refractivity contribution in [1.29, 1.82) is 0 Å². The predicted molar refractivity (Wildman–Crippen MR) is 71.8 cm³/mol. The number of methoxy groups -OCH3 is 1. The van der Waals surface area contributed by atoms with Crippen LogP contribution in [0.25, 0.3) is 0 Å². The number of carbonyl (C=O) groups excluding carboxylic acids is 1. The second kappa shape index (κ2) is 6.23. The van der Waals surface area contributed by atoms with Crippen LogP contribution in [0.4, 0.5) is 5.69 Å². The highest BCUT2D eigenvalue weighted by Crippen LogP contribution is 2.13. The highest BCUT2D eigenvalue weighted by atomic mass is 16.5. The molecule has 1 heterocycles. The molecule has 5 nitrogen and oxygen atoms in total. The molecule has 5 heteroatoms. The average molecular weight is 251 g/mol. The van der Waals surface area contributed by atoms with E-state index in [2.05, 4.69) is 15.6 Å². The Balaban J connectivity index is 2.35. The number of amides is 1. The van der Waals surface area contributed by atoms with E-state index in [1.807, 2.05) is 26.8 Å². The fourth-order valence-corrected chi connectivity index (χ4v) is 1.43. The van der Waals surface area contributed by atoms with Crippen molar-refractivity contribution in [3.05, 3.63) is 18.3 Å². The van der Waals surface area contributed by atoms with Crippen molar-refractivity contribution in [3.63, 3.8) is 0 Å². The Morgan fingerprint density at radius 1 is 1.44 bits per heavy atom. The van der Waals surface area contributed by atoms with Crippen LogP contribution >= 0.6 is 0 Å². The fraction of sp³-hybridized carbons (Fsp3) is 0.538. The molecule has 18 heavy (non-hydrogen) atoms. The zero-order chi connectivity index (χ0) is 13.6. The van der Waals surface area contributed by atoms with Crippen LogP contribution < -0.4 is 15.4 Å². The molecule has 1 aromatic rings. The molecule has 0 aliphatic rings. The molecule has 0 spiro atoms. The van der Waals surface area contributed by atoms with E-state index < -0.39 is 0 Å². The van der Waals surface area contributed by atoms with Crippen LogP contribution in [-0.4, -0.2) is 30.1 Å². The second-order valence-electron chi connectivity index (χ2n) is 5.06. The Hall–Kier alpha value is -1.78. The van der Waals surface area contributed by atoms with Gasteiger partial charge < -0.3 is 15.4 Å². The number of aromatic nitrogens is 1. The van der Waals surface area contributed by atoms with E-state index in [4.69, 9.17) is 4.74 Å². The van der Waals surface area contributed by atoms with E-state index in [0.717, 1.165) is 5.69 Å². The lowest BCUT2D eigenvalue weighted by Crippen LogP contribution is -2.41. The zero-order valence-corrected chi connectivity index (χ0v) is 11.4. The van der Waals surface area contributed by atoms with Crippen LogP contribution in [0.1, 0.15) is 27.2 Å². The first-order valence-electron chi connectivity index (χ1n) is 5.95. The lowest BCUT2D eigenvalue weighted by Gasteiger charge is -2.20. The maximum absolute atomic E-state index is 11.6. The van der Waals surface area contributed by atoms with Gasteiger partial charge in [-0.05, 0) is 26.8 Å². The summed E-state index contributed by atoms with van der Waals surface area (Å²) in [5.74, 6) is 0.593. The average Bonchev–Trinajstić information content (AvgIpc) is 2.27. The lowest BCUT2D eigenvalue weighted by atomic mass is 10.1. The molecule has 0 radical (unpaired) electrons. The number of pyridine rings is 1. The molecule has 2 N–H and O–H groups in total. The van der Waals surface area contributed by atoms with E-state index in [-0.39, 0.29) is 11.4 Å². The molecular formula is C13H21N3O2. The van der Waals surface area contributed by atoms with Gasteiger partial charge in [0.15, 0.2) is 0 Å². The van der Waals surface area contributed by atoms with Crippen molar-refractivity contribution >= 4 is 11.6 Å². The standard InChI is InChI=1S/C13H21N3O2/c1-13(2,3)16-11(17)6-8-14-10-5-7-15-12(9-10)18-4/h5,7,9H,6,8H2,1-4H3,(H,14,15)(H,16,17). The quantitative estimate of drug-likeness (QED) is 0.837. The second-order valence-corrected chi connectivity index (χ2v) is 5.06. The molecule has 0 atom stereocenters. The van der Waals surface area contributed by atoms with Crippen molar-refractivity contribution in [2.75, 3.05) is 19.0 Å². The van der Waals surface area contributed by atoms with Crippen molar-refractivity contribution in [1.82, 2.24) is 10.3 Å². The van der Waals surface area contributed by atoms with Crippen LogP contribution in [0.2, 0.25) is 0 Å². The van der Waals surface area contributed by atoms with E-state index >= 15 is 0 Å². The fourth-order valence-electron chi connectivity index (χ4n) is 1.43. The number of carbonyl (C=O) groups is 1. The molecule has 0 saturated carbocycles. The molecule has 1 aromatic heterocycles. The highest BCUT2D eigenvalue weighted by molar-refractivity contribution is 5.77. The molecular weight excluding hydrogens is 230 g/mol. The first kappa shape index (κ1) is 14.3. The van der Waals surface area contributed by atoms with E-state index in [1.165, 1.54) is 0 Å². The van der Waals surface area contributed by atoms with Crippen LogP contribution in [0, 0.1) is 0 Å². The topological polar surface area (TPSA) is 63.2 Å². The van der Waals surface area contributed by atoms with Crippen molar-refractivity contribution in [2.24, 2.45) is 0 Å². The van der Waals surface area contributed by atoms with Gasteiger partial charge in [-0.2, -0.15) is 0 Å². The maximum atomic E-state index is 11.6. The molecule has 0 aromatic carbocycles. The summed E-state index contributed by atoms with van der Waals surface area (Å²) < 4.78 is 5.02. The minimum Gasteiger partial charge on any atom is -0.481 e. The van der Waals surface area contributed by atoms with Crippen LogP contribution in [0.15, 0.2) is 18.3 Å². The molecule has 0 unspecified atom stereocenters. The summed E-state index contributed by atoms with van der Waals surface area (Å²) in [6.45, 7) is 6.47. The maximum Gasteiger partial charge on any atom is 0.222 e. The van der Waals surface area contributed by atoms with E-state index in [0.29, 0.717) is 18.8 Å². The molecule has 100 valence electrons. The largest absolute Gasteiger partial charge is 0.481 e. The molecule has 0 saturated heterocycles. The number of hydrogen-bond donors (Lipinski definition) is 2. The molecule has 1 rings (SSSR count). The predicted octanol–water partition coefficient (Wildman–Crippen LogP) is 1.81. The minimum atomic E-state index is -0.184. The summed E-state index contributed by atoms with van der Waals surface area (Å²) >= 11 is 0. The first-order valence-corrected chi connectivity index (χ1v) is 5.95. The Kier molecular flexibility index (Phi) is 4.95. The Morgan fingerprint density at radius 3 is 2.78 bits per heavy atom. The molecule has 0 aliphatic heterocycles. The highest BCUT2D eigenvalue weighted by Gasteiger charge is 2.12. The molecule has 0 bridgehead atoms. The van der Waals surface area contributed by atoms with Gasteiger partial charge in [0.1, 0.15) is 0 Å². The number of nitrogens with zero attached hydrogens (tertiary/aromatic N) is 1. The van der Waals surface area contributed by atoms with Crippen molar-refractivity contribution < 1.29 is 9.53 Å². The Labute approximate surface area is 108 Å². The van der Waals surface area contributed by atoms with Gasteiger partial charge in [0, 0.05) is 36.5 Å². The van der Waals surface area contributed by atoms with Gasteiger partial charge >= 0.3 is 0 Å². The molecule has 1 amide bonds. The van der Waals surface area contributed by atoms with Crippen LogP contribution in [-0.2, 0) is 4.79 Å². The Morgan fingerprint density at radius 2 is 2.17 bits per heavy atom. The summed E-state index contributed by atoms with van der Waals surface area (Å²) in [6.07, 6.45) is 2.10. The van der Waals surface area contributed by atoms with Gasteiger partial charge in [0.2, 0.25) is 11.8 Å². The van der Waals surface area contributed by atoms with Crippen LogP contribution in [0.3, 0.4) is 0 Å². The van der Waals surface area contributed by atoms with Crippen LogP contribution in [0.5, 0.6) is 5.88 Å². The third kappa shape index (κ3) is 5.52. The lowest BCUT2D eigenvalue weighted by molar-refractivity contribution is -0.122. The third-order valence-corrected chi connectivity index (χ3v) is 2.14. The van der Waals surface area contributed by atoms with E-state index in [1.54, 1.807) is 19.4 Å². The summed E-state index contributed by atoms with van der Waals surface area (Å²) in [5.41, 5.74) is 0.710. The summed E-state index contributed by atoms with van der Waals surface area (Å²) in [5, 5.41) is 6.07. The zero-order valence-electron chi connectivity index (χ0n) is 11.4. The number of ether oxygens (including phenoxy) is 1. The smallest absolute Gasteiger partial charge is 0.222 e. The summed E-state index contributed by atoms with van der Waals surface area (Å²) in [4.78, 5) is 15.6. The van der Waals surface area contributed by atoms with Gasteiger partial charge in [-0.25, -0.2) is 4.98 Å². The summed E-state index contributed by atoms with van der Waals surface area (Å²) in [6, 6.07) is 3.63. The van der Waals surface area contributed by atoms with Gasteiger partial charge in [-0.1, -0.05) is 0 Å². The van der Waals surface area contributed by atoms with Gasteiger partial charge in [-0.3, -0.25) is 4.79 Å². The van der Waals surface area contributed by atoms with Crippen molar-refractivity contribution in [2.45, 2.75) is 32.7 Å². The minimum absolute atomic E-state index is 0.0380. The van der Waals surface area contributed by atoms with E-state index in [9.17, 15) is 4.79 Å². The van der Waals surface area contributed by atoms with Gasteiger partial charge in [0.25, 0.3) is 0 Å². The number of anilines is 1. The summed E-state index contributed by atoms with van der Waals surface area (Å²) in [7, 11) is 1.57. The number of hydrogen-bond acceptors (Lipinski definition) is 4. The van der Waals surface area contributed by atoms with Gasteiger partial charge in [-0.15, -0.1) is 0 Å². The SMILES string of the molecule is COc1cc(NCCC(=O)NC(C)(C)C)ccn1. The normalized spacial score (nSPS) is 10.9. The third-order valence-electron chi connectivity index (χ3n) is 2.14. The Bertz CT molecular complexity index is 399.